The van der Waals surface area contributed by atoms with Crippen molar-refractivity contribution in [3.05, 3.63) is 66.2 Å². The Balaban J connectivity index is 1.92. The summed E-state index contributed by atoms with van der Waals surface area (Å²) in [5.74, 6) is 1.70. The van der Waals surface area contributed by atoms with Crippen LogP contribution in [0.2, 0.25) is 0 Å². The van der Waals surface area contributed by atoms with Crippen molar-refractivity contribution in [3.63, 3.8) is 0 Å². The highest BCUT2D eigenvalue weighted by Gasteiger charge is 2.02. The molecule has 3 aromatic rings. The average molecular weight is 305 g/mol. The van der Waals surface area contributed by atoms with Gasteiger partial charge in [-0.1, -0.05) is 18.2 Å². The van der Waals surface area contributed by atoms with Crippen LogP contribution in [0.5, 0.6) is 11.5 Å². The Hall–Kier alpha value is -2.81. The van der Waals surface area contributed by atoms with Gasteiger partial charge in [-0.15, -0.1) is 0 Å². The van der Waals surface area contributed by atoms with E-state index in [2.05, 4.69) is 29.3 Å². The van der Waals surface area contributed by atoms with Crippen molar-refractivity contribution in [2.45, 2.75) is 6.92 Å². The van der Waals surface area contributed by atoms with Gasteiger partial charge in [0.2, 0.25) is 0 Å². The lowest BCUT2D eigenvalue weighted by molar-refractivity contribution is 0.415. The molecule has 3 aromatic carbocycles. The fourth-order valence-electron chi connectivity index (χ4n) is 2.49. The topological polar surface area (TPSA) is 30.8 Å². The summed E-state index contributed by atoms with van der Waals surface area (Å²) in [5, 5.41) is 2.33. The first kappa shape index (κ1) is 15.1. The maximum atomic E-state index is 5.26. The Morgan fingerprint density at radius 3 is 2.04 bits per heavy atom. The molecule has 0 atom stereocenters. The number of benzene rings is 3. The van der Waals surface area contributed by atoms with Crippen LogP contribution in [0.15, 0.2) is 65.7 Å². The summed E-state index contributed by atoms with van der Waals surface area (Å²) >= 11 is 0. The first-order valence-corrected chi connectivity index (χ1v) is 7.47. The molecule has 23 heavy (non-hydrogen) atoms. The summed E-state index contributed by atoms with van der Waals surface area (Å²) < 4.78 is 10.4. The largest absolute Gasteiger partial charge is 0.497 e. The molecule has 3 rings (SSSR count). The highest BCUT2D eigenvalue weighted by Crippen LogP contribution is 2.23. The van der Waals surface area contributed by atoms with Crippen LogP contribution in [-0.2, 0) is 0 Å². The first-order chi connectivity index (χ1) is 11.2. The van der Waals surface area contributed by atoms with E-state index < -0.39 is 0 Å². The number of nitrogens with zero attached hydrogens (tertiary/aromatic N) is 1. The highest BCUT2D eigenvalue weighted by molar-refractivity contribution is 6.03. The number of fused-ring (bicyclic) bond motifs is 1. The van der Waals surface area contributed by atoms with Crippen LogP contribution in [0.25, 0.3) is 10.8 Å². The predicted octanol–water partition coefficient (Wildman–Crippen LogP) is 5.00. The molecule has 0 bridgehead atoms. The molecule has 0 heterocycles. The van der Waals surface area contributed by atoms with Gasteiger partial charge in [0.1, 0.15) is 11.5 Å². The SMILES string of the molecule is COc1ccc(N=C(C)c2ccc3cc(OC)ccc3c2)cc1. The second kappa shape index (κ2) is 6.53. The third-order valence-corrected chi connectivity index (χ3v) is 3.83. The molecule has 3 nitrogen and oxygen atoms in total. The van der Waals surface area contributed by atoms with Crippen molar-refractivity contribution in [1.82, 2.24) is 0 Å². The molecule has 0 fully saturated rings. The van der Waals surface area contributed by atoms with Crippen LogP contribution < -0.4 is 9.47 Å². The minimum Gasteiger partial charge on any atom is -0.497 e. The van der Waals surface area contributed by atoms with E-state index in [0.29, 0.717) is 0 Å². The third kappa shape index (κ3) is 3.34. The molecule has 0 aliphatic heterocycles. The van der Waals surface area contributed by atoms with E-state index in [0.717, 1.165) is 33.8 Å². The van der Waals surface area contributed by atoms with Crippen molar-refractivity contribution < 1.29 is 9.47 Å². The Morgan fingerprint density at radius 2 is 1.35 bits per heavy atom. The Labute approximate surface area is 136 Å². The molecule has 3 heteroatoms. The van der Waals surface area contributed by atoms with Gasteiger partial charge in [0, 0.05) is 5.71 Å². The van der Waals surface area contributed by atoms with E-state index >= 15 is 0 Å². The zero-order chi connectivity index (χ0) is 16.2. The third-order valence-electron chi connectivity index (χ3n) is 3.83. The lowest BCUT2D eigenvalue weighted by Gasteiger charge is -2.06. The van der Waals surface area contributed by atoms with Gasteiger partial charge in [-0.25, -0.2) is 0 Å². The number of hydrogen-bond acceptors (Lipinski definition) is 3. The van der Waals surface area contributed by atoms with E-state index in [4.69, 9.17) is 9.47 Å². The number of methoxy groups -OCH3 is 2. The quantitative estimate of drug-likeness (QED) is 0.635. The summed E-state index contributed by atoms with van der Waals surface area (Å²) in [6.45, 7) is 2.02. The number of aliphatic imine (C=N–C) groups is 1. The van der Waals surface area contributed by atoms with E-state index in [1.807, 2.05) is 43.3 Å². The molecule has 0 saturated carbocycles. The van der Waals surface area contributed by atoms with Crippen LogP contribution in [0.4, 0.5) is 5.69 Å². The monoisotopic (exact) mass is 305 g/mol. The van der Waals surface area contributed by atoms with Crippen LogP contribution in [0.3, 0.4) is 0 Å². The van der Waals surface area contributed by atoms with Crippen molar-refractivity contribution in [2.24, 2.45) is 4.99 Å². The number of rotatable bonds is 4. The molecule has 116 valence electrons. The van der Waals surface area contributed by atoms with Gasteiger partial charge in [-0.05, 0) is 65.7 Å². The molecule has 0 aliphatic rings. The molecule has 0 aromatic heterocycles. The molecule has 0 radical (unpaired) electrons. The van der Waals surface area contributed by atoms with Crippen molar-refractivity contribution in [2.75, 3.05) is 14.2 Å². The summed E-state index contributed by atoms with van der Waals surface area (Å²) in [5.41, 5.74) is 3.00. The van der Waals surface area contributed by atoms with Crippen LogP contribution in [-0.4, -0.2) is 19.9 Å². The normalized spacial score (nSPS) is 11.5. The Bertz CT molecular complexity index is 851. The van der Waals surface area contributed by atoms with Gasteiger partial charge in [0.05, 0.1) is 19.9 Å². The number of hydrogen-bond donors (Lipinski definition) is 0. The second-order valence-electron chi connectivity index (χ2n) is 5.32. The molecular formula is C20H19NO2. The summed E-state index contributed by atoms with van der Waals surface area (Å²) in [6, 6.07) is 20.1. The van der Waals surface area contributed by atoms with Gasteiger partial charge < -0.3 is 9.47 Å². The predicted molar refractivity (Wildman–Crippen MR) is 95.4 cm³/mol. The minimum absolute atomic E-state index is 0.834. The zero-order valence-electron chi connectivity index (χ0n) is 13.5. The average Bonchev–Trinajstić information content (AvgIpc) is 2.61. The van der Waals surface area contributed by atoms with E-state index in [-0.39, 0.29) is 0 Å². The molecule has 0 aliphatic carbocycles. The maximum absolute atomic E-state index is 5.26. The van der Waals surface area contributed by atoms with Gasteiger partial charge >= 0.3 is 0 Å². The first-order valence-electron chi connectivity index (χ1n) is 7.47. The van der Waals surface area contributed by atoms with Gasteiger partial charge in [-0.2, -0.15) is 0 Å². The van der Waals surface area contributed by atoms with E-state index in [9.17, 15) is 0 Å². The molecule has 0 N–H and O–H groups in total. The summed E-state index contributed by atoms with van der Waals surface area (Å²) in [6.07, 6.45) is 0. The molecule has 0 unspecified atom stereocenters. The lowest BCUT2D eigenvalue weighted by atomic mass is 10.0. The maximum Gasteiger partial charge on any atom is 0.119 e. The Kier molecular flexibility index (Phi) is 4.29. The van der Waals surface area contributed by atoms with E-state index in [1.54, 1.807) is 14.2 Å². The van der Waals surface area contributed by atoms with Gasteiger partial charge in [-0.3, -0.25) is 4.99 Å². The van der Waals surface area contributed by atoms with Crippen molar-refractivity contribution in [3.8, 4) is 11.5 Å². The lowest BCUT2D eigenvalue weighted by Crippen LogP contribution is -1.94. The molecule has 0 spiro atoms. The van der Waals surface area contributed by atoms with Crippen molar-refractivity contribution in [1.29, 1.82) is 0 Å². The Morgan fingerprint density at radius 1 is 0.739 bits per heavy atom. The molecule has 0 saturated heterocycles. The molecule has 0 amide bonds. The minimum atomic E-state index is 0.834. The smallest absolute Gasteiger partial charge is 0.119 e. The van der Waals surface area contributed by atoms with Crippen LogP contribution in [0.1, 0.15) is 12.5 Å². The fraction of sp³-hybridized carbons (Fsp3) is 0.150. The summed E-state index contributed by atoms with van der Waals surface area (Å²) in [7, 11) is 3.34. The molecular weight excluding hydrogens is 286 g/mol. The highest BCUT2D eigenvalue weighted by atomic mass is 16.5. The van der Waals surface area contributed by atoms with Gasteiger partial charge in [0.15, 0.2) is 0 Å². The number of ether oxygens (including phenoxy) is 2. The fourth-order valence-corrected chi connectivity index (χ4v) is 2.49. The van der Waals surface area contributed by atoms with Crippen LogP contribution >= 0.6 is 0 Å². The standard InChI is InChI=1S/C20H19NO2/c1-14(21-18-7-10-19(22-2)11-8-18)15-4-5-17-13-20(23-3)9-6-16(17)12-15/h4-13H,1-3H3. The van der Waals surface area contributed by atoms with Crippen LogP contribution in [0, 0.1) is 0 Å². The van der Waals surface area contributed by atoms with E-state index in [1.165, 1.54) is 5.39 Å². The van der Waals surface area contributed by atoms with Gasteiger partial charge in [0.25, 0.3) is 0 Å². The zero-order valence-corrected chi connectivity index (χ0v) is 13.5. The second-order valence-corrected chi connectivity index (χ2v) is 5.32. The van der Waals surface area contributed by atoms with Crippen molar-refractivity contribution >= 4 is 22.2 Å². The summed E-state index contributed by atoms with van der Waals surface area (Å²) in [4.78, 5) is 4.68.